The third-order valence-electron chi connectivity index (χ3n) is 2.89. The van der Waals surface area contributed by atoms with Gasteiger partial charge in [-0.15, -0.1) is 0 Å². The standard InChI is InChI=1S/C11H12O2.C6H4/c1-2-9-4-3-5-10(8-9)6-7-11(12)13;1-2-5-4-6(5)3-1/h3-8H,2H2,1H3,(H,12,13);1-4H. The fourth-order valence-electron chi connectivity index (χ4n) is 1.76. The average Bonchev–Trinajstić information content (AvgIpc) is 3.04. The van der Waals surface area contributed by atoms with Crippen molar-refractivity contribution in [3.63, 3.8) is 0 Å². The zero-order valence-corrected chi connectivity index (χ0v) is 10.8. The third kappa shape index (κ3) is 4.11. The van der Waals surface area contributed by atoms with Crippen LogP contribution >= 0.6 is 0 Å². The lowest BCUT2D eigenvalue weighted by Crippen LogP contribution is -1.86. The summed E-state index contributed by atoms with van der Waals surface area (Å²) < 4.78 is 0. The molecule has 0 aliphatic heterocycles. The molecule has 2 nitrogen and oxygen atoms in total. The molecule has 1 aromatic carbocycles. The molecule has 96 valence electrons. The molecule has 2 heteroatoms. The number of hydrogen-bond acceptors (Lipinski definition) is 1. The van der Waals surface area contributed by atoms with Crippen LogP contribution < -0.4 is 0 Å². The zero-order valence-electron chi connectivity index (χ0n) is 10.8. The van der Waals surface area contributed by atoms with Crippen molar-refractivity contribution < 1.29 is 9.90 Å². The van der Waals surface area contributed by atoms with Crippen LogP contribution in [0.5, 0.6) is 0 Å². The molecule has 3 rings (SSSR count). The van der Waals surface area contributed by atoms with Crippen molar-refractivity contribution in [1.82, 2.24) is 0 Å². The minimum absolute atomic E-state index is 0.915. The van der Waals surface area contributed by atoms with Gasteiger partial charge in [-0.3, -0.25) is 0 Å². The van der Waals surface area contributed by atoms with Crippen molar-refractivity contribution in [3.05, 3.63) is 65.7 Å². The largest absolute Gasteiger partial charge is 0.478 e. The van der Waals surface area contributed by atoms with Gasteiger partial charge in [0.1, 0.15) is 0 Å². The molecule has 2 aliphatic carbocycles. The summed E-state index contributed by atoms with van der Waals surface area (Å²) in [5.74, 6) is -0.915. The second-order valence-electron chi connectivity index (χ2n) is 4.35. The lowest BCUT2D eigenvalue weighted by atomic mass is 10.1. The predicted octanol–water partition coefficient (Wildman–Crippen LogP) is 4.01. The van der Waals surface area contributed by atoms with Crippen molar-refractivity contribution in [2.75, 3.05) is 0 Å². The van der Waals surface area contributed by atoms with E-state index in [0.717, 1.165) is 18.1 Å². The Morgan fingerprint density at radius 1 is 1.11 bits per heavy atom. The van der Waals surface area contributed by atoms with Crippen LogP contribution in [0, 0.1) is 0 Å². The van der Waals surface area contributed by atoms with Gasteiger partial charge in [0.2, 0.25) is 0 Å². The first-order valence-electron chi connectivity index (χ1n) is 6.29. The van der Waals surface area contributed by atoms with Gasteiger partial charge in [-0.25, -0.2) is 4.79 Å². The second kappa shape index (κ2) is 6.01. The topological polar surface area (TPSA) is 37.3 Å². The molecule has 0 radical (unpaired) electrons. The number of rotatable bonds is 3. The summed E-state index contributed by atoms with van der Waals surface area (Å²) in [6.07, 6.45) is 3.71. The third-order valence-corrected chi connectivity index (χ3v) is 2.89. The highest BCUT2D eigenvalue weighted by Gasteiger charge is 2.06. The van der Waals surface area contributed by atoms with E-state index in [2.05, 4.69) is 31.2 Å². The first kappa shape index (κ1) is 13.1. The number of carboxylic acids is 1. The molecule has 0 atom stereocenters. The molecule has 0 spiro atoms. The molecule has 1 aromatic rings. The van der Waals surface area contributed by atoms with E-state index in [1.54, 1.807) is 6.08 Å². The smallest absolute Gasteiger partial charge is 0.328 e. The molecule has 0 bridgehead atoms. The molecule has 0 saturated heterocycles. The molecule has 0 amide bonds. The van der Waals surface area contributed by atoms with Crippen LogP contribution in [0.1, 0.15) is 18.1 Å². The molecule has 2 aliphatic rings. The minimum atomic E-state index is -0.915. The summed E-state index contributed by atoms with van der Waals surface area (Å²) in [7, 11) is 0. The number of carboxylic acid groups (broad SMARTS) is 1. The number of fused-ring (bicyclic) bond motifs is 1. The highest BCUT2D eigenvalue weighted by molar-refractivity contribution is 5.85. The fourth-order valence-corrected chi connectivity index (χ4v) is 1.76. The van der Waals surface area contributed by atoms with Gasteiger partial charge >= 0.3 is 5.97 Å². The number of aryl methyl sites for hydroxylation is 1. The van der Waals surface area contributed by atoms with E-state index in [9.17, 15) is 4.79 Å². The van der Waals surface area contributed by atoms with Crippen molar-refractivity contribution >= 4 is 12.0 Å². The van der Waals surface area contributed by atoms with Crippen LogP contribution in [0.2, 0.25) is 0 Å². The molecule has 0 heterocycles. The molecular formula is C17H16O2. The molecule has 0 saturated carbocycles. The maximum Gasteiger partial charge on any atom is 0.328 e. The van der Waals surface area contributed by atoms with E-state index >= 15 is 0 Å². The molecule has 0 fully saturated rings. The normalized spacial score (nSPS) is 10.8. The number of aliphatic carboxylic acids is 1. The van der Waals surface area contributed by atoms with Gasteiger partial charge in [-0.05, 0) is 40.8 Å². The Morgan fingerprint density at radius 3 is 2.26 bits per heavy atom. The average molecular weight is 252 g/mol. The molecule has 0 unspecified atom stereocenters. The summed E-state index contributed by atoms with van der Waals surface area (Å²) in [6.45, 7) is 2.07. The van der Waals surface area contributed by atoms with Crippen molar-refractivity contribution in [2.24, 2.45) is 0 Å². The highest BCUT2D eigenvalue weighted by Crippen LogP contribution is 2.32. The van der Waals surface area contributed by atoms with E-state index in [4.69, 9.17) is 5.11 Å². The van der Waals surface area contributed by atoms with E-state index in [-0.39, 0.29) is 0 Å². The summed E-state index contributed by atoms with van der Waals surface area (Å²) in [6, 6.07) is 16.3. The number of carbonyl (C=O) groups is 1. The van der Waals surface area contributed by atoms with Crippen molar-refractivity contribution in [1.29, 1.82) is 0 Å². The SMILES string of the molecule is CCc1cccc(C=CC(=O)O)c1.c1cc2cc-2c1. The quantitative estimate of drug-likeness (QED) is 0.715. The summed E-state index contributed by atoms with van der Waals surface area (Å²) in [4.78, 5) is 10.2. The molecular weight excluding hydrogens is 236 g/mol. The van der Waals surface area contributed by atoms with Gasteiger partial charge in [0, 0.05) is 6.08 Å². The Hall–Kier alpha value is -2.35. The lowest BCUT2D eigenvalue weighted by Gasteiger charge is -1.97. The maximum atomic E-state index is 10.2. The second-order valence-corrected chi connectivity index (χ2v) is 4.35. The van der Waals surface area contributed by atoms with Crippen LogP contribution in [0.4, 0.5) is 0 Å². The molecule has 19 heavy (non-hydrogen) atoms. The first-order chi connectivity index (χ1) is 9.19. The summed E-state index contributed by atoms with van der Waals surface area (Å²) in [5.41, 5.74) is 5.00. The van der Waals surface area contributed by atoms with E-state index in [1.807, 2.05) is 24.3 Å². The maximum absolute atomic E-state index is 10.2. The number of hydrogen-bond donors (Lipinski definition) is 1. The Kier molecular flexibility index (Phi) is 4.14. The highest BCUT2D eigenvalue weighted by atomic mass is 16.4. The molecule has 0 aromatic heterocycles. The van der Waals surface area contributed by atoms with E-state index in [1.165, 1.54) is 16.7 Å². The van der Waals surface area contributed by atoms with Crippen molar-refractivity contribution in [3.8, 4) is 11.1 Å². The Labute approximate surface area is 113 Å². The van der Waals surface area contributed by atoms with Gasteiger partial charge in [0.15, 0.2) is 0 Å². The van der Waals surface area contributed by atoms with Crippen LogP contribution in [-0.4, -0.2) is 11.1 Å². The summed E-state index contributed by atoms with van der Waals surface area (Å²) in [5, 5.41) is 8.41. The first-order valence-corrected chi connectivity index (χ1v) is 6.29. The van der Waals surface area contributed by atoms with E-state index < -0.39 is 5.97 Å². The van der Waals surface area contributed by atoms with Crippen LogP contribution in [0.15, 0.2) is 54.6 Å². The van der Waals surface area contributed by atoms with Gasteiger partial charge in [-0.1, -0.05) is 49.4 Å². The van der Waals surface area contributed by atoms with Gasteiger partial charge in [0.25, 0.3) is 0 Å². The monoisotopic (exact) mass is 252 g/mol. The summed E-state index contributed by atoms with van der Waals surface area (Å²) >= 11 is 0. The Morgan fingerprint density at radius 2 is 1.79 bits per heavy atom. The fraction of sp³-hybridized carbons (Fsp3) is 0.118. The van der Waals surface area contributed by atoms with Gasteiger partial charge < -0.3 is 5.11 Å². The van der Waals surface area contributed by atoms with Crippen LogP contribution in [0.3, 0.4) is 0 Å². The van der Waals surface area contributed by atoms with Gasteiger partial charge in [0.05, 0.1) is 0 Å². The zero-order chi connectivity index (χ0) is 13.7. The molecule has 1 N–H and O–H groups in total. The Bertz CT molecular complexity index is 595. The lowest BCUT2D eigenvalue weighted by molar-refractivity contribution is -0.131. The van der Waals surface area contributed by atoms with Crippen LogP contribution in [0.25, 0.3) is 17.2 Å². The van der Waals surface area contributed by atoms with E-state index in [0.29, 0.717) is 0 Å². The predicted molar refractivity (Wildman–Crippen MR) is 77.9 cm³/mol. The minimum Gasteiger partial charge on any atom is -0.478 e. The number of benzene rings is 2. The Balaban J connectivity index is 0.000000180. The van der Waals surface area contributed by atoms with Crippen molar-refractivity contribution in [2.45, 2.75) is 13.3 Å². The van der Waals surface area contributed by atoms with Gasteiger partial charge in [-0.2, -0.15) is 0 Å². The van der Waals surface area contributed by atoms with Crippen LogP contribution in [-0.2, 0) is 11.2 Å².